The molecule has 0 bridgehead atoms. The molecule has 3 heterocycles. The van der Waals surface area contributed by atoms with E-state index in [0.717, 1.165) is 21.7 Å². The molecule has 27 heavy (non-hydrogen) atoms. The molecule has 1 aromatic carbocycles. The van der Waals surface area contributed by atoms with E-state index < -0.39 is 0 Å². The van der Waals surface area contributed by atoms with Crippen molar-refractivity contribution in [2.75, 3.05) is 18.2 Å². The van der Waals surface area contributed by atoms with E-state index in [1.54, 1.807) is 19.7 Å². The quantitative estimate of drug-likeness (QED) is 0.475. The molecule has 8 nitrogen and oxygen atoms in total. The Labute approximate surface area is 162 Å². The van der Waals surface area contributed by atoms with Gasteiger partial charge in [-0.15, -0.1) is 10.2 Å². The number of rotatable bonds is 7. The van der Waals surface area contributed by atoms with Gasteiger partial charge in [0.2, 0.25) is 5.91 Å². The molecule has 1 amide bonds. The first-order valence-corrected chi connectivity index (χ1v) is 9.79. The summed E-state index contributed by atoms with van der Waals surface area (Å²) in [5, 5.41) is 12.0. The van der Waals surface area contributed by atoms with Gasteiger partial charge in [-0.1, -0.05) is 23.1 Å². The summed E-state index contributed by atoms with van der Waals surface area (Å²) in [6, 6.07) is 9.31. The van der Waals surface area contributed by atoms with Crippen molar-refractivity contribution in [3.8, 4) is 5.75 Å². The third-order valence-electron chi connectivity index (χ3n) is 3.66. The number of nitrogens with zero attached hydrogens (tertiary/aromatic N) is 4. The van der Waals surface area contributed by atoms with Crippen LogP contribution in [0.5, 0.6) is 5.75 Å². The van der Waals surface area contributed by atoms with Gasteiger partial charge in [0.15, 0.2) is 10.3 Å². The molecule has 0 radical (unpaired) electrons. The Bertz CT molecular complexity index is 1060. The van der Waals surface area contributed by atoms with Crippen molar-refractivity contribution in [3.63, 3.8) is 0 Å². The molecular formula is C17H15N5O3S2. The smallest absolute Gasteiger partial charge is 0.236 e. The average molecular weight is 401 g/mol. The maximum atomic E-state index is 12.3. The van der Waals surface area contributed by atoms with Gasteiger partial charge >= 0.3 is 0 Å². The molecule has 10 heteroatoms. The number of hydrogen-bond donors (Lipinski definition) is 1. The minimum atomic E-state index is -0.154. The van der Waals surface area contributed by atoms with E-state index in [9.17, 15) is 4.79 Å². The third-order valence-corrected chi connectivity index (χ3v) is 5.58. The summed E-state index contributed by atoms with van der Waals surface area (Å²) in [5.74, 6) is 1.61. The number of fused-ring (bicyclic) bond motifs is 1. The first-order chi connectivity index (χ1) is 13.2. The second kappa shape index (κ2) is 7.80. The van der Waals surface area contributed by atoms with E-state index in [4.69, 9.17) is 9.15 Å². The van der Waals surface area contributed by atoms with Crippen LogP contribution in [0.2, 0.25) is 0 Å². The van der Waals surface area contributed by atoms with Gasteiger partial charge in [-0.2, -0.15) is 0 Å². The van der Waals surface area contributed by atoms with Crippen molar-refractivity contribution in [3.05, 3.63) is 48.7 Å². The first kappa shape index (κ1) is 17.6. The number of ether oxygens (including phenoxy) is 1. The van der Waals surface area contributed by atoms with E-state index in [-0.39, 0.29) is 11.7 Å². The van der Waals surface area contributed by atoms with Gasteiger partial charge in [0.05, 0.1) is 35.9 Å². The minimum absolute atomic E-state index is 0.154. The van der Waals surface area contributed by atoms with Gasteiger partial charge in [0.1, 0.15) is 17.8 Å². The van der Waals surface area contributed by atoms with Crippen molar-refractivity contribution >= 4 is 44.4 Å². The summed E-state index contributed by atoms with van der Waals surface area (Å²) in [6.07, 6.45) is 3.23. The van der Waals surface area contributed by atoms with E-state index in [2.05, 4.69) is 20.5 Å². The van der Waals surface area contributed by atoms with Gasteiger partial charge in [0.25, 0.3) is 0 Å². The molecule has 3 aromatic heterocycles. The lowest BCUT2D eigenvalue weighted by atomic mass is 10.3. The SMILES string of the molecule is COc1ccc2nc(NC(=O)CSc3nncn3Cc3ccco3)sc2c1. The summed E-state index contributed by atoms with van der Waals surface area (Å²) in [5.41, 5.74) is 0.821. The van der Waals surface area contributed by atoms with Crippen LogP contribution in [0.4, 0.5) is 5.13 Å². The Balaban J connectivity index is 1.37. The van der Waals surface area contributed by atoms with Crippen LogP contribution in [0.3, 0.4) is 0 Å². The molecule has 0 spiro atoms. The molecule has 0 aliphatic carbocycles. The van der Waals surface area contributed by atoms with E-state index in [1.165, 1.54) is 23.1 Å². The number of carbonyl (C=O) groups is 1. The fraction of sp³-hybridized carbons (Fsp3) is 0.176. The number of carbonyl (C=O) groups excluding carboxylic acids is 1. The standard InChI is InChI=1S/C17H15N5O3S2/c1-24-11-4-5-13-14(7-11)27-16(19-13)20-15(23)9-26-17-21-18-10-22(17)8-12-3-2-6-25-12/h2-7,10H,8-9H2,1H3,(H,19,20,23). The number of thiazole rings is 1. The Morgan fingerprint density at radius 1 is 1.41 bits per heavy atom. The van der Waals surface area contributed by atoms with Crippen LogP contribution in [-0.2, 0) is 11.3 Å². The molecule has 0 aliphatic heterocycles. The molecule has 4 rings (SSSR count). The molecule has 4 aromatic rings. The third kappa shape index (κ3) is 4.12. The fourth-order valence-corrected chi connectivity index (χ4v) is 4.03. The van der Waals surface area contributed by atoms with Crippen molar-refractivity contribution in [1.82, 2.24) is 19.7 Å². The molecule has 138 valence electrons. The number of nitrogens with one attached hydrogen (secondary N) is 1. The van der Waals surface area contributed by atoms with Gasteiger partial charge in [-0.05, 0) is 30.3 Å². The number of thioether (sulfide) groups is 1. The van der Waals surface area contributed by atoms with E-state index in [1.807, 2.05) is 34.9 Å². The second-order valence-corrected chi connectivity index (χ2v) is 7.48. The topological polar surface area (TPSA) is 95.1 Å². The Morgan fingerprint density at radius 3 is 3.15 bits per heavy atom. The van der Waals surface area contributed by atoms with Gasteiger partial charge in [-0.25, -0.2) is 4.98 Å². The highest BCUT2D eigenvalue weighted by molar-refractivity contribution is 7.99. The summed E-state index contributed by atoms with van der Waals surface area (Å²) >= 11 is 2.71. The molecule has 0 atom stereocenters. The van der Waals surface area contributed by atoms with Gasteiger partial charge in [0, 0.05) is 0 Å². The van der Waals surface area contributed by atoms with Gasteiger partial charge < -0.3 is 19.0 Å². The predicted molar refractivity (Wildman–Crippen MR) is 103 cm³/mol. The second-order valence-electron chi connectivity index (χ2n) is 5.51. The van der Waals surface area contributed by atoms with Crippen molar-refractivity contribution in [2.24, 2.45) is 0 Å². The lowest BCUT2D eigenvalue weighted by Gasteiger charge is -2.04. The number of hydrogen-bond acceptors (Lipinski definition) is 8. The zero-order valence-corrected chi connectivity index (χ0v) is 15.9. The van der Waals surface area contributed by atoms with Crippen molar-refractivity contribution in [1.29, 1.82) is 0 Å². The molecule has 0 aliphatic rings. The van der Waals surface area contributed by atoms with Crippen LogP contribution in [0.15, 0.2) is 52.5 Å². The van der Waals surface area contributed by atoms with Crippen LogP contribution in [-0.4, -0.2) is 38.5 Å². The minimum Gasteiger partial charge on any atom is -0.497 e. The number of benzene rings is 1. The Morgan fingerprint density at radius 2 is 2.33 bits per heavy atom. The van der Waals surface area contributed by atoms with Crippen LogP contribution in [0.25, 0.3) is 10.2 Å². The highest BCUT2D eigenvalue weighted by Crippen LogP contribution is 2.29. The lowest BCUT2D eigenvalue weighted by molar-refractivity contribution is -0.113. The summed E-state index contributed by atoms with van der Waals surface area (Å²) in [6.45, 7) is 0.518. The average Bonchev–Trinajstić information content (AvgIpc) is 3.40. The summed E-state index contributed by atoms with van der Waals surface area (Å²) in [7, 11) is 1.62. The molecule has 0 saturated heterocycles. The number of furan rings is 1. The molecule has 0 unspecified atom stereocenters. The molecule has 1 N–H and O–H groups in total. The Hall–Kier alpha value is -2.85. The molecule has 0 fully saturated rings. The van der Waals surface area contributed by atoms with Gasteiger partial charge in [-0.3, -0.25) is 4.79 Å². The van der Waals surface area contributed by atoms with Crippen LogP contribution >= 0.6 is 23.1 Å². The number of anilines is 1. The highest BCUT2D eigenvalue weighted by Gasteiger charge is 2.12. The summed E-state index contributed by atoms with van der Waals surface area (Å²) in [4.78, 5) is 16.7. The molecular weight excluding hydrogens is 386 g/mol. The highest BCUT2D eigenvalue weighted by atomic mass is 32.2. The number of methoxy groups -OCH3 is 1. The van der Waals surface area contributed by atoms with E-state index >= 15 is 0 Å². The van der Waals surface area contributed by atoms with Crippen LogP contribution < -0.4 is 10.1 Å². The normalized spacial score (nSPS) is 11.0. The van der Waals surface area contributed by atoms with E-state index in [0.29, 0.717) is 16.8 Å². The lowest BCUT2D eigenvalue weighted by Crippen LogP contribution is -2.14. The monoisotopic (exact) mass is 401 g/mol. The number of amides is 1. The molecule has 0 saturated carbocycles. The largest absolute Gasteiger partial charge is 0.497 e. The Kier molecular flexibility index (Phi) is 5.07. The van der Waals surface area contributed by atoms with Crippen LogP contribution in [0.1, 0.15) is 5.76 Å². The maximum absolute atomic E-state index is 12.3. The summed E-state index contributed by atoms with van der Waals surface area (Å²) < 4.78 is 13.3. The predicted octanol–water partition coefficient (Wildman–Crippen LogP) is 3.27. The van der Waals surface area contributed by atoms with Crippen molar-refractivity contribution < 1.29 is 13.9 Å². The zero-order valence-electron chi connectivity index (χ0n) is 14.3. The fourth-order valence-electron chi connectivity index (χ4n) is 2.41. The van der Waals surface area contributed by atoms with Crippen LogP contribution in [0, 0.1) is 0 Å². The number of aromatic nitrogens is 4. The maximum Gasteiger partial charge on any atom is 0.236 e. The van der Waals surface area contributed by atoms with Crippen molar-refractivity contribution in [2.45, 2.75) is 11.7 Å². The first-order valence-electron chi connectivity index (χ1n) is 7.98. The zero-order chi connectivity index (χ0) is 18.6.